The summed E-state index contributed by atoms with van der Waals surface area (Å²) in [4.78, 5) is 24.2. The first-order chi connectivity index (χ1) is 15.2. The van der Waals surface area contributed by atoms with Gasteiger partial charge >= 0.3 is 11.9 Å². The lowest BCUT2D eigenvalue weighted by Crippen LogP contribution is -2.09. The summed E-state index contributed by atoms with van der Waals surface area (Å²) in [6, 6.07) is 18.9. The number of benzene rings is 3. The number of rotatable bonds is 6. The Morgan fingerprint density at radius 3 is 1.31 bits per heavy atom. The van der Waals surface area contributed by atoms with Crippen molar-refractivity contribution in [2.75, 3.05) is 0 Å². The van der Waals surface area contributed by atoms with Gasteiger partial charge in [0, 0.05) is 22.3 Å². The molecule has 0 aliphatic heterocycles. The van der Waals surface area contributed by atoms with Crippen molar-refractivity contribution in [1.82, 2.24) is 0 Å². The first-order valence-corrected chi connectivity index (χ1v) is 10.2. The third-order valence-corrected chi connectivity index (χ3v) is 5.03. The van der Waals surface area contributed by atoms with Crippen molar-refractivity contribution in [3.8, 4) is 33.8 Å². The molecule has 162 valence electrons. The van der Waals surface area contributed by atoms with E-state index in [4.69, 9.17) is 9.47 Å². The molecule has 32 heavy (non-hydrogen) atoms. The van der Waals surface area contributed by atoms with Crippen molar-refractivity contribution in [3.63, 3.8) is 0 Å². The third kappa shape index (κ3) is 4.86. The molecule has 0 unspecified atom stereocenters. The maximum Gasteiger partial charge on any atom is 0.338 e. The van der Waals surface area contributed by atoms with Gasteiger partial charge in [0.15, 0.2) is 0 Å². The SMILES string of the molecule is C=C(C)C(=O)Oc1ccccc1-c1cc(C)c(-c2ccccc2OC(=O)C(=C)C)cc1C. The van der Waals surface area contributed by atoms with Crippen LogP contribution < -0.4 is 9.47 Å². The normalized spacial score (nSPS) is 10.4. The van der Waals surface area contributed by atoms with Crippen LogP contribution in [0, 0.1) is 13.8 Å². The minimum absolute atomic E-state index is 0.337. The fraction of sp³-hybridized carbons (Fsp3) is 0.143. The number of carbonyl (C=O) groups excluding carboxylic acids is 2. The number of para-hydroxylation sites is 2. The van der Waals surface area contributed by atoms with Crippen molar-refractivity contribution in [3.05, 3.63) is 96.1 Å². The molecule has 0 atom stereocenters. The van der Waals surface area contributed by atoms with Gasteiger partial charge in [-0.2, -0.15) is 0 Å². The van der Waals surface area contributed by atoms with E-state index >= 15 is 0 Å². The average molecular weight is 427 g/mol. The molecule has 3 aromatic carbocycles. The first-order valence-electron chi connectivity index (χ1n) is 10.2. The van der Waals surface area contributed by atoms with Crippen LogP contribution in [0.1, 0.15) is 25.0 Å². The van der Waals surface area contributed by atoms with Crippen molar-refractivity contribution in [1.29, 1.82) is 0 Å². The summed E-state index contributed by atoms with van der Waals surface area (Å²) in [7, 11) is 0. The zero-order chi connectivity index (χ0) is 23.4. The van der Waals surface area contributed by atoms with Crippen molar-refractivity contribution < 1.29 is 19.1 Å². The van der Waals surface area contributed by atoms with Crippen LogP contribution in [-0.2, 0) is 9.59 Å². The summed E-state index contributed by atoms with van der Waals surface area (Å²) in [5, 5.41) is 0. The van der Waals surface area contributed by atoms with E-state index in [0.29, 0.717) is 22.6 Å². The molecule has 3 aromatic rings. The minimum atomic E-state index is -0.461. The molecule has 0 N–H and O–H groups in total. The molecule has 0 bridgehead atoms. The summed E-state index contributed by atoms with van der Waals surface area (Å²) in [6.07, 6.45) is 0. The molecule has 0 saturated heterocycles. The Balaban J connectivity index is 2.07. The van der Waals surface area contributed by atoms with Crippen LogP contribution in [0.2, 0.25) is 0 Å². The standard InChI is InChI=1S/C28H26O4/c1-17(2)27(29)31-25-13-9-7-11-21(25)23-15-20(6)24(16-19(23)5)22-12-8-10-14-26(22)32-28(30)18(3)4/h7-16H,1,3H2,2,4-6H3. The molecule has 0 fully saturated rings. The topological polar surface area (TPSA) is 52.6 Å². The predicted molar refractivity (Wildman–Crippen MR) is 128 cm³/mol. The Morgan fingerprint density at radius 2 is 0.969 bits per heavy atom. The van der Waals surface area contributed by atoms with Crippen LogP contribution >= 0.6 is 0 Å². The quantitative estimate of drug-likeness (QED) is 0.253. The van der Waals surface area contributed by atoms with Gasteiger partial charge in [0.25, 0.3) is 0 Å². The average Bonchev–Trinajstić information content (AvgIpc) is 2.76. The maximum absolute atomic E-state index is 12.1. The molecule has 0 spiro atoms. The Labute approximate surface area is 188 Å². The zero-order valence-corrected chi connectivity index (χ0v) is 18.8. The third-order valence-electron chi connectivity index (χ3n) is 5.03. The summed E-state index contributed by atoms with van der Waals surface area (Å²) in [6.45, 7) is 14.5. The van der Waals surface area contributed by atoms with Gasteiger partial charge in [-0.25, -0.2) is 9.59 Å². The highest BCUT2D eigenvalue weighted by atomic mass is 16.5. The van der Waals surface area contributed by atoms with Crippen LogP contribution in [0.3, 0.4) is 0 Å². The van der Waals surface area contributed by atoms with Crippen molar-refractivity contribution in [2.24, 2.45) is 0 Å². The molecule has 0 radical (unpaired) electrons. The van der Waals surface area contributed by atoms with E-state index < -0.39 is 11.9 Å². The second-order valence-electron chi connectivity index (χ2n) is 7.81. The summed E-state index contributed by atoms with van der Waals surface area (Å²) in [5.74, 6) is 0.0338. The predicted octanol–water partition coefficient (Wildman–Crippen LogP) is 6.60. The summed E-state index contributed by atoms with van der Waals surface area (Å²) < 4.78 is 11.1. The molecule has 4 heteroatoms. The van der Waals surface area contributed by atoms with Crippen LogP contribution in [0.4, 0.5) is 0 Å². The first kappa shape index (κ1) is 22.8. The van der Waals surface area contributed by atoms with Crippen molar-refractivity contribution in [2.45, 2.75) is 27.7 Å². The number of hydrogen-bond donors (Lipinski definition) is 0. The number of carbonyl (C=O) groups is 2. The van der Waals surface area contributed by atoms with E-state index in [1.54, 1.807) is 26.0 Å². The monoisotopic (exact) mass is 426 g/mol. The highest BCUT2D eigenvalue weighted by Gasteiger charge is 2.17. The van der Waals surface area contributed by atoms with E-state index in [0.717, 1.165) is 33.4 Å². The largest absolute Gasteiger partial charge is 0.423 e. The fourth-order valence-electron chi connectivity index (χ4n) is 3.33. The highest BCUT2D eigenvalue weighted by molar-refractivity contribution is 5.92. The molecular formula is C28H26O4. The van der Waals surface area contributed by atoms with E-state index in [-0.39, 0.29) is 0 Å². The van der Waals surface area contributed by atoms with Crippen LogP contribution in [0.15, 0.2) is 85.0 Å². The minimum Gasteiger partial charge on any atom is -0.423 e. The molecule has 4 nitrogen and oxygen atoms in total. The van der Waals surface area contributed by atoms with Gasteiger partial charge < -0.3 is 9.47 Å². The van der Waals surface area contributed by atoms with Crippen molar-refractivity contribution >= 4 is 11.9 Å². The van der Waals surface area contributed by atoms with Crippen LogP contribution in [-0.4, -0.2) is 11.9 Å². The van der Waals surface area contributed by atoms with Gasteiger partial charge in [-0.1, -0.05) is 61.7 Å². The van der Waals surface area contributed by atoms with Gasteiger partial charge in [-0.3, -0.25) is 0 Å². The lowest BCUT2D eigenvalue weighted by molar-refractivity contribution is -0.130. The number of aryl methyl sites for hydroxylation is 2. The lowest BCUT2D eigenvalue weighted by atomic mass is 9.91. The molecule has 0 heterocycles. The molecular weight excluding hydrogens is 400 g/mol. The van der Waals surface area contributed by atoms with E-state index in [2.05, 4.69) is 25.3 Å². The number of hydrogen-bond acceptors (Lipinski definition) is 4. The molecule has 0 amide bonds. The van der Waals surface area contributed by atoms with Gasteiger partial charge in [-0.15, -0.1) is 0 Å². The smallest absolute Gasteiger partial charge is 0.338 e. The Kier molecular flexibility index (Phi) is 6.74. The number of esters is 2. The van der Waals surface area contributed by atoms with Gasteiger partial charge in [0.1, 0.15) is 11.5 Å². The summed E-state index contributed by atoms with van der Waals surface area (Å²) >= 11 is 0. The number of ether oxygens (including phenoxy) is 2. The van der Waals surface area contributed by atoms with Gasteiger partial charge in [0.2, 0.25) is 0 Å². The van der Waals surface area contributed by atoms with Gasteiger partial charge in [0.05, 0.1) is 0 Å². The Morgan fingerprint density at radius 1 is 0.625 bits per heavy atom. The molecule has 0 aromatic heterocycles. The lowest BCUT2D eigenvalue weighted by Gasteiger charge is -2.17. The second kappa shape index (κ2) is 9.48. The molecule has 0 aliphatic carbocycles. The van der Waals surface area contributed by atoms with Gasteiger partial charge in [-0.05, 0) is 62.1 Å². The Bertz CT molecular complexity index is 1140. The van der Waals surface area contributed by atoms with E-state index in [9.17, 15) is 9.59 Å². The molecule has 0 saturated carbocycles. The van der Waals surface area contributed by atoms with Crippen LogP contribution in [0.25, 0.3) is 22.3 Å². The highest BCUT2D eigenvalue weighted by Crippen LogP contribution is 2.39. The maximum atomic E-state index is 12.1. The molecule has 0 aliphatic rings. The summed E-state index contributed by atoms with van der Waals surface area (Å²) in [5.41, 5.74) is 6.19. The van der Waals surface area contributed by atoms with Crippen LogP contribution in [0.5, 0.6) is 11.5 Å². The Hall–Kier alpha value is -3.92. The van der Waals surface area contributed by atoms with E-state index in [1.165, 1.54) is 0 Å². The van der Waals surface area contributed by atoms with E-state index in [1.807, 2.05) is 50.2 Å². The molecule has 3 rings (SSSR count). The zero-order valence-electron chi connectivity index (χ0n) is 18.8. The fourth-order valence-corrected chi connectivity index (χ4v) is 3.33. The second-order valence-corrected chi connectivity index (χ2v) is 7.81.